The van der Waals surface area contributed by atoms with E-state index in [4.69, 9.17) is 4.74 Å². The Labute approximate surface area is 182 Å². The van der Waals surface area contributed by atoms with Crippen molar-refractivity contribution in [2.75, 3.05) is 0 Å². The van der Waals surface area contributed by atoms with E-state index in [1.807, 2.05) is 6.08 Å². The van der Waals surface area contributed by atoms with Gasteiger partial charge in [0, 0.05) is 18.3 Å². The third-order valence-corrected chi connectivity index (χ3v) is 10.4. The molecule has 0 aromatic heterocycles. The third-order valence-electron chi connectivity index (χ3n) is 10.4. The molecule has 5 rings (SSSR count). The number of hydrogen-bond acceptors (Lipinski definition) is 3. The SMILES string of the molecule is C[C@@]12CC[C@@H]3[C@H](CCC4=CC(=O)CC[C@@]43C)[C@H]1CC[C@H]2OC(=O)CCC1CCCC1. The molecule has 0 amide bonds. The van der Waals surface area contributed by atoms with Crippen molar-refractivity contribution in [2.45, 2.75) is 110 Å². The zero-order valence-electron chi connectivity index (χ0n) is 19.1. The number of esters is 1. The molecule has 0 spiro atoms. The van der Waals surface area contributed by atoms with Gasteiger partial charge in [-0.2, -0.15) is 0 Å². The highest BCUT2D eigenvalue weighted by Crippen LogP contribution is 2.65. The van der Waals surface area contributed by atoms with Crippen LogP contribution in [0.15, 0.2) is 11.6 Å². The number of carbonyl (C=O) groups is 2. The van der Waals surface area contributed by atoms with Crippen molar-refractivity contribution in [1.29, 1.82) is 0 Å². The van der Waals surface area contributed by atoms with E-state index < -0.39 is 0 Å². The molecule has 0 N–H and O–H groups in total. The number of carbonyl (C=O) groups excluding carboxylic acids is 2. The molecule has 0 aromatic carbocycles. The molecule has 166 valence electrons. The zero-order valence-corrected chi connectivity index (χ0v) is 19.1. The maximum atomic E-state index is 12.7. The van der Waals surface area contributed by atoms with E-state index >= 15 is 0 Å². The fourth-order valence-corrected chi connectivity index (χ4v) is 8.54. The summed E-state index contributed by atoms with van der Waals surface area (Å²) in [6.45, 7) is 4.87. The molecule has 5 aliphatic rings. The van der Waals surface area contributed by atoms with E-state index in [0.29, 0.717) is 24.0 Å². The average molecular weight is 413 g/mol. The summed E-state index contributed by atoms with van der Waals surface area (Å²) in [5, 5.41) is 0. The summed E-state index contributed by atoms with van der Waals surface area (Å²) in [6, 6.07) is 0. The van der Waals surface area contributed by atoms with Crippen LogP contribution in [0.3, 0.4) is 0 Å². The molecule has 30 heavy (non-hydrogen) atoms. The van der Waals surface area contributed by atoms with Crippen molar-refractivity contribution in [3.63, 3.8) is 0 Å². The number of hydrogen-bond donors (Lipinski definition) is 0. The van der Waals surface area contributed by atoms with Crippen LogP contribution < -0.4 is 0 Å². The Morgan fingerprint density at radius 1 is 1.00 bits per heavy atom. The summed E-state index contributed by atoms with van der Waals surface area (Å²) >= 11 is 0. The Balaban J connectivity index is 1.25. The van der Waals surface area contributed by atoms with Crippen LogP contribution in [0.4, 0.5) is 0 Å². The summed E-state index contributed by atoms with van der Waals surface area (Å²) in [4.78, 5) is 24.7. The van der Waals surface area contributed by atoms with Crippen LogP contribution in [0.25, 0.3) is 0 Å². The van der Waals surface area contributed by atoms with Crippen LogP contribution in [0.2, 0.25) is 0 Å². The first-order valence-electron chi connectivity index (χ1n) is 12.8. The first-order chi connectivity index (χ1) is 14.4. The normalized spacial score (nSPS) is 43.5. The van der Waals surface area contributed by atoms with Crippen LogP contribution in [-0.2, 0) is 14.3 Å². The molecule has 0 aromatic rings. The highest BCUT2D eigenvalue weighted by Gasteiger charge is 2.59. The van der Waals surface area contributed by atoms with Crippen LogP contribution in [0.1, 0.15) is 104 Å². The minimum atomic E-state index is 0.0579. The second kappa shape index (κ2) is 7.78. The molecule has 3 nitrogen and oxygen atoms in total. The molecule has 0 aliphatic heterocycles. The minimum Gasteiger partial charge on any atom is -0.462 e. The standard InChI is InChI=1S/C27H40O3/c1-26-15-13-20(28)17-19(26)8-9-21-22-10-11-24(27(22,2)16-14-23(21)26)30-25(29)12-7-18-5-3-4-6-18/h17-18,21-24H,3-16H2,1-2H3/t21-,22-,23-,24-,26+,27-/m1/s1. The summed E-state index contributed by atoms with van der Waals surface area (Å²) in [5.74, 6) is 3.28. The van der Waals surface area contributed by atoms with Gasteiger partial charge in [-0.25, -0.2) is 0 Å². The second-order valence-electron chi connectivity index (χ2n) is 11.8. The number of allylic oxidation sites excluding steroid dienone is 1. The van der Waals surface area contributed by atoms with E-state index in [1.54, 1.807) is 0 Å². The van der Waals surface area contributed by atoms with Gasteiger partial charge in [0.1, 0.15) is 6.10 Å². The Morgan fingerprint density at radius 3 is 2.60 bits per heavy atom. The van der Waals surface area contributed by atoms with E-state index in [9.17, 15) is 9.59 Å². The highest BCUT2D eigenvalue weighted by molar-refractivity contribution is 5.91. The molecule has 3 heteroatoms. The molecule has 0 heterocycles. The van der Waals surface area contributed by atoms with E-state index in [0.717, 1.165) is 43.9 Å². The average Bonchev–Trinajstić information content (AvgIpc) is 3.35. The summed E-state index contributed by atoms with van der Waals surface area (Å²) in [7, 11) is 0. The number of fused-ring (bicyclic) bond motifs is 5. The van der Waals surface area contributed by atoms with Gasteiger partial charge in [-0.15, -0.1) is 0 Å². The number of ketones is 1. The van der Waals surface area contributed by atoms with Crippen LogP contribution >= 0.6 is 0 Å². The van der Waals surface area contributed by atoms with Gasteiger partial charge in [-0.1, -0.05) is 45.1 Å². The maximum Gasteiger partial charge on any atom is 0.306 e. The first-order valence-corrected chi connectivity index (χ1v) is 12.8. The smallest absolute Gasteiger partial charge is 0.306 e. The van der Waals surface area contributed by atoms with Crippen molar-refractivity contribution >= 4 is 11.8 Å². The molecule has 0 saturated heterocycles. The monoisotopic (exact) mass is 412 g/mol. The lowest BCUT2D eigenvalue weighted by molar-refractivity contribution is -0.160. The van der Waals surface area contributed by atoms with Gasteiger partial charge in [0.05, 0.1) is 0 Å². The predicted molar refractivity (Wildman–Crippen MR) is 118 cm³/mol. The molecular formula is C27H40O3. The molecule has 6 atom stereocenters. The lowest BCUT2D eigenvalue weighted by Crippen LogP contribution is -2.51. The van der Waals surface area contributed by atoms with E-state index in [1.165, 1.54) is 56.9 Å². The zero-order chi connectivity index (χ0) is 20.9. The van der Waals surface area contributed by atoms with Gasteiger partial charge >= 0.3 is 5.97 Å². The second-order valence-corrected chi connectivity index (χ2v) is 11.8. The number of ether oxygens (including phenoxy) is 1. The molecule has 0 bridgehead atoms. The third kappa shape index (κ3) is 3.39. The van der Waals surface area contributed by atoms with Crippen molar-refractivity contribution in [3.05, 3.63) is 11.6 Å². The Kier molecular flexibility index (Phi) is 5.39. The van der Waals surface area contributed by atoms with Gasteiger partial charge in [0.25, 0.3) is 0 Å². The van der Waals surface area contributed by atoms with Gasteiger partial charge < -0.3 is 4.74 Å². The van der Waals surface area contributed by atoms with E-state index in [-0.39, 0.29) is 22.9 Å². The minimum absolute atomic E-state index is 0.0579. The van der Waals surface area contributed by atoms with Gasteiger partial charge in [0.2, 0.25) is 0 Å². The molecule has 0 radical (unpaired) electrons. The van der Waals surface area contributed by atoms with Crippen molar-refractivity contribution in [3.8, 4) is 0 Å². The lowest BCUT2D eigenvalue weighted by atomic mass is 9.47. The molecule has 5 aliphatic carbocycles. The number of rotatable bonds is 4. The fourth-order valence-electron chi connectivity index (χ4n) is 8.54. The molecular weight excluding hydrogens is 372 g/mol. The van der Waals surface area contributed by atoms with Crippen molar-refractivity contribution < 1.29 is 14.3 Å². The Hall–Kier alpha value is -1.12. The summed E-state index contributed by atoms with van der Waals surface area (Å²) in [6.07, 6.45) is 17.8. The van der Waals surface area contributed by atoms with Crippen molar-refractivity contribution in [2.24, 2.45) is 34.5 Å². The molecule has 4 fully saturated rings. The summed E-state index contributed by atoms with van der Waals surface area (Å²) < 4.78 is 6.17. The highest BCUT2D eigenvalue weighted by atomic mass is 16.5. The van der Waals surface area contributed by atoms with E-state index in [2.05, 4.69) is 13.8 Å². The molecule has 4 saturated carbocycles. The maximum absolute atomic E-state index is 12.7. The topological polar surface area (TPSA) is 43.4 Å². The van der Waals surface area contributed by atoms with Gasteiger partial charge in [0.15, 0.2) is 5.78 Å². The largest absolute Gasteiger partial charge is 0.462 e. The van der Waals surface area contributed by atoms with Crippen molar-refractivity contribution in [1.82, 2.24) is 0 Å². The van der Waals surface area contributed by atoms with Crippen LogP contribution in [0, 0.1) is 34.5 Å². The van der Waals surface area contributed by atoms with Crippen LogP contribution in [0.5, 0.6) is 0 Å². The lowest BCUT2D eigenvalue weighted by Gasteiger charge is -2.57. The predicted octanol–water partition coefficient (Wildman–Crippen LogP) is 6.40. The Morgan fingerprint density at radius 2 is 1.80 bits per heavy atom. The summed E-state index contributed by atoms with van der Waals surface area (Å²) in [5.41, 5.74) is 1.83. The molecule has 0 unspecified atom stereocenters. The van der Waals surface area contributed by atoms with Gasteiger partial charge in [-0.3, -0.25) is 9.59 Å². The van der Waals surface area contributed by atoms with Gasteiger partial charge in [-0.05, 0) is 86.5 Å². The quantitative estimate of drug-likeness (QED) is 0.502. The first kappa shape index (κ1) is 20.8. The fraction of sp³-hybridized carbons (Fsp3) is 0.852. The Bertz CT molecular complexity index is 732. The van der Waals surface area contributed by atoms with Crippen LogP contribution in [-0.4, -0.2) is 17.9 Å².